The Bertz CT molecular complexity index is 551. The predicted octanol–water partition coefficient (Wildman–Crippen LogP) is 2.90. The third-order valence-corrected chi connectivity index (χ3v) is 3.35. The second kappa shape index (κ2) is 5.55. The van der Waals surface area contributed by atoms with E-state index in [0.29, 0.717) is 6.54 Å². The number of nitrogens with one attached hydrogen (secondary N) is 2. The number of carbonyl (C=O) groups excluding carboxylic acids is 1. The number of rotatable bonds is 4. The van der Waals surface area contributed by atoms with Crippen molar-refractivity contribution in [3.63, 3.8) is 0 Å². The molecule has 0 atom stereocenters. The van der Waals surface area contributed by atoms with Crippen LogP contribution in [0.4, 0.5) is 17.1 Å². The fraction of sp³-hybridized carbons (Fsp3) is 0.154. The number of nitrogens with two attached hydrogens (primary N) is 1. The molecule has 4 nitrogen and oxygen atoms in total. The number of anilines is 3. The maximum atomic E-state index is 11.0. The van der Waals surface area contributed by atoms with Crippen molar-refractivity contribution in [2.24, 2.45) is 0 Å². The molecule has 0 aliphatic rings. The molecule has 0 saturated carbocycles. The third-order valence-electron chi connectivity index (χ3n) is 2.42. The number of thiophene rings is 1. The van der Waals surface area contributed by atoms with Gasteiger partial charge in [-0.05, 0) is 29.6 Å². The first kappa shape index (κ1) is 12.4. The van der Waals surface area contributed by atoms with Crippen LogP contribution in [0.25, 0.3) is 0 Å². The molecule has 0 unspecified atom stereocenters. The van der Waals surface area contributed by atoms with Gasteiger partial charge < -0.3 is 16.4 Å². The highest BCUT2D eigenvalue weighted by atomic mass is 32.1. The molecule has 1 aromatic heterocycles. The smallest absolute Gasteiger partial charge is 0.221 e. The first-order valence-corrected chi connectivity index (χ1v) is 6.46. The summed E-state index contributed by atoms with van der Waals surface area (Å²) < 4.78 is 0. The summed E-state index contributed by atoms with van der Waals surface area (Å²) in [5.74, 6) is -0.0744. The SMILES string of the molecule is CC(=O)Nc1cccc(NCc2sccc2N)c1. The Balaban J connectivity index is 2.01. The van der Waals surface area contributed by atoms with Gasteiger partial charge in [-0.25, -0.2) is 0 Å². The van der Waals surface area contributed by atoms with Crippen molar-refractivity contribution in [2.45, 2.75) is 13.5 Å². The Morgan fingerprint density at radius 2 is 2.11 bits per heavy atom. The number of hydrogen-bond acceptors (Lipinski definition) is 4. The molecule has 0 bridgehead atoms. The average Bonchev–Trinajstić information content (AvgIpc) is 2.72. The molecule has 1 heterocycles. The number of nitrogen functional groups attached to an aromatic ring is 1. The van der Waals surface area contributed by atoms with E-state index in [-0.39, 0.29) is 5.91 Å². The first-order valence-electron chi connectivity index (χ1n) is 5.58. The van der Waals surface area contributed by atoms with Crippen molar-refractivity contribution >= 4 is 34.3 Å². The summed E-state index contributed by atoms with van der Waals surface area (Å²) in [6.07, 6.45) is 0. The number of hydrogen-bond donors (Lipinski definition) is 3. The molecule has 0 saturated heterocycles. The molecule has 2 aromatic rings. The monoisotopic (exact) mass is 261 g/mol. The van der Waals surface area contributed by atoms with Gasteiger partial charge in [-0.3, -0.25) is 4.79 Å². The number of amides is 1. The third kappa shape index (κ3) is 3.24. The van der Waals surface area contributed by atoms with E-state index in [9.17, 15) is 4.79 Å². The minimum Gasteiger partial charge on any atom is -0.398 e. The quantitative estimate of drug-likeness (QED) is 0.792. The molecule has 1 amide bonds. The van der Waals surface area contributed by atoms with Crippen LogP contribution in [0.5, 0.6) is 0 Å². The molecule has 2 rings (SSSR count). The lowest BCUT2D eigenvalue weighted by atomic mass is 10.2. The largest absolute Gasteiger partial charge is 0.398 e. The van der Waals surface area contributed by atoms with E-state index in [0.717, 1.165) is 21.9 Å². The van der Waals surface area contributed by atoms with E-state index in [1.165, 1.54) is 6.92 Å². The molecule has 18 heavy (non-hydrogen) atoms. The lowest BCUT2D eigenvalue weighted by Crippen LogP contribution is -2.06. The zero-order valence-corrected chi connectivity index (χ0v) is 10.9. The minimum atomic E-state index is -0.0744. The zero-order valence-electron chi connectivity index (χ0n) is 10.1. The van der Waals surface area contributed by atoms with Gasteiger partial charge in [0.1, 0.15) is 0 Å². The van der Waals surface area contributed by atoms with Crippen LogP contribution in [0.2, 0.25) is 0 Å². The van der Waals surface area contributed by atoms with Crippen molar-refractivity contribution in [1.82, 2.24) is 0 Å². The van der Waals surface area contributed by atoms with Gasteiger partial charge in [-0.15, -0.1) is 11.3 Å². The predicted molar refractivity (Wildman–Crippen MR) is 76.8 cm³/mol. The van der Waals surface area contributed by atoms with Crippen LogP contribution in [0.3, 0.4) is 0 Å². The standard InChI is InChI=1S/C13H15N3OS/c1-9(17)16-11-4-2-3-10(7-11)15-8-13-12(14)5-6-18-13/h2-7,15H,8,14H2,1H3,(H,16,17). The van der Waals surface area contributed by atoms with E-state index in [1.54, 1.807) is 11.3 Å². The highest BCUT2D eigenvalue weighted by Crippen LogP contribution is 2.21. The molecule has 0 aliphatic heterocycles. The van der Waals surface area contributed by atoms with Gasteiger partial charge in [0.15, 0.2) is 0 Å². The lowest BCUT2D eigenvalue weighted by molar-refractivity contribution is -0.114. The topological polar surface area (TPSA) is 67.2 Å². The van der Waals surface area contributed by atoms with Crippen LogP contribution < -0.4 is 16.4 Å². The normalized spacial score (nSPS) is 10.1. The van der Waals surface area contributed by atoms with Crippen LogP contribution in [-0.4, -0.2) is 5.91 Å². The van der Waals surface area contributed by atoms with Crippen LogP contribution in [-0.2, 0) is 11.3 Å². The van der Waals surface area contributed by atoms with Crippen LogP contribution in [0.15, 0.2) is 35.7 Å². The van der Waals surface area contributed by atoms with E-state index in [2.05, 4.69) is 10.6 Å². The summed E-state index contributed by atoms with van der Waals surface area (Å²) in [5, 5.41) is 8.00. The Morgan fingerprint density at radius 1 is 1.33 bits per heavy atom. The summed E-state index contributed by atoms with van der Waals surface area (Å²) in [6, 6.07) is 9.49. The van der Waals surface area contributed by atoms with Gasteiger partial charge in [0.2, 0.25) is 5.91 Å². The van der Waals surface area contributed by atoms with E-state index >= 15 is 0 Å². The molecule has 94 valence electrons. The van der Waals surface area contributed by atoms with E-state index < -0.39 is 0 Å². The van der Waals surface area contributed by atoms with E-state index in [4.69, 9.17) is 5.73 Å². The lowest BCUT2D eigenvalue weighted by Gasteiger charge is -2.08. The zero-order chi connectivity index (χ0) is 13.0. The van der Waals surface area contributed by atoms with Crippen molar-refractivity contribution in [1.29, 1.82) is 0 Å². The average molecular weight is 261 g/mol. The van der Waals surface area contributed by atoms with Gasteiger partial charge in [-0.2, -0.15) is 0 Å². The maximum absolute atomic E-state index is 11.0. The van der Waals surface area contributed by atoms with Crippen molar-refractivity contribution in [2.75, 3.05) is 16.4 Å². The number of carbonyl (C=O) groups is 1. The second-order valence-electron chi connectivity index (χ2n) is 3.91. The molecule has 5 heteroatoms. The fourth-order valence-corrected chi connectivity index (χ4v) is 2.33. The highest BCUT2D eigenvalue weighted by Gasteiger charge is 2.01. The Labute approximate surface area is 110 Å². The summed E-state index contributed by atoms with van der Waals surface area (Å²) in [6.45, 7) is 2.18. The highest BCUT2D eigenvalue weighted by molar-refractivity contribution is 7.10. The fourth-order valence-electron chi connectivity index (χ4n) is 1.59. The summed E-state index contributed by atoms with van der Waals surface area (Å²) in [4.78, 5) is 12.1. The Kier molecular flexibility index (Phi) is 3.84. The van der Waals surface area contributed by atoms with Crippen LogP contribution >= 0.6 is 11.3 Å². The van der Waals surface area contributed by atoms with Gasteiger partial charge in [-0.1, -0.05) is 6.07 Å². The van der Waals surface area contributed by atoms with Crippen molar-refractivity contribution in [3.05, 3.63) is 40.6 Å². The molecular weight excluding hydrogens is 246 g/mol. The second-order valence-corrected chi connectivity index (χ2v) is 4.92. The van der Waals surface area contributed by atoms with Crippen molar-refractivity contribution < 1.29 is 4.79 Å². The summed E-state index contributed by atoms with van der Waals surface area (Å²) in [7, 11) is 0. The summed E-state index contributed by atoms with van der Waals surface area (Å²) in [5.41, 5.74) is 8.36. The molecule has 0 fully saturated rings. The Morgan fingerprint density at radius 3 is 2.78 bits per heavy atom. The van der Waals surface area contributed by atoms with Crippen LogP contribution in [0.1, 0.15) is 11.8 Å². The molecule has 0 radical (unpaired) electrons. The Hall–Kier alpha value is -2.01. The molecule has 1 aromatic carbocycles. The van der Waals surface area contributed by atoms with Crippen molar-refractivity contribution in [3.8, 4) is 0 Å². The van der Waals surface area contributed by atoms with Gasteiger partial charge >= 0.3 is 0 Å². The molecule has 4 N–H and O–H groups in total. The van der Waals surface area contributed by atoms with Gasteiger partial charge in [0.25, 0.3) is 0 Å². The molecule has 0 aliphatic carbocycles. The maximum Gasteiger partial charge on any atom is 0.221 e. The minimum absolute atomic E-state index is 0.0744. The van der Waals surface area contributed by atoms with E-state index in [1.807, 2.05) is 35.7 Å². The van der Waals surface area contributed by atoms with Crippen LogP contribution in [0, 0.1) is 0 Å². The molecule has 0 spiro atoms. The molecular formula is C13H15N3OS. The number of benzene rings is 1. The summed E-state index contributed by atoms with van der Waals surface area (Å²) >= 11 is 1.63. The van der Waals surface area contributed by atoms with Gasteiger partial charge in [0, 0.05) is 28.9 Å². The first-order chi connectivity index (χ1) is 8.65. The van der Waals surface area contributed by atoms with Gasteiger partial charge in [0.05, 0.1) is 6.54 Å².